The third-order valence-electron chi connectivity index (χ3n) is 3.84. The molecule has 0 amide bonds. The molecule has 20 heavy (non-hydrogen) atoms. The zero-order valence-corrected chi connectivity index (χ0v) is 13.7. The van der Waals surface area contributed by atoms with Crippen LogP contribution in [0, 0.1) is 12.7 Å². The van der Waals surface area contributed by atoms with Crippen LogP contribution >= 0.6 is 15.9 Å². The van der Waals surface area contributed by atoms with Crippen molar-refractivity contribution in [3.63, 3.8) is 0 Å². The summed E-state index contributed by atoms with van der Waals surface area (Å²) in [5, 5.41) is 0. The van der Waals surface area contributed by atoms with E-state index in [1.165, 1.54) is 5.56 Å². The number of hydrogen-bond donors (Lipinski definition) is 0. The van der Waals surface area contributed by atoms with Gasteiger partial charge in [-0.1, -0.05) is 66.2 Å². The summed E-state index contributed by atoms with van der Waals surface area (Å²) in [6, 6.07) is 13.8. The zero-order valence-electron chi connectivity index (χ0n) is 12.2. The molecule has 0 aliphatic rings. The van der Waals surface area contributed by atoms with Gasteiger partial charge in [0.2, 0.25) is 0 Å². The molecule has 2 rings (SSSR count). The van der Waals surface area contributed by atoms with Gasteiger partial charge >= 0.3 is 0 Å². The van der Waals surface area contributed by atoms with E-state index in [1.807, 2.05) is 19.1 Å². The van der Waals surface area contributed by atoms with E-state index in [0.717, 1.165) is 17.5 Å². The van der Waals surface area contributed by atoms with Gasteiger partial charge in [0.05, 0.1) is 4.83 Å². The maximum atomic E-state index is 14.0. The topological polar surface area (TPSA) is 0 Å². The third-order valence-corrected chi connectivity index (χ3v) is 4.86. The summed E-state index contributed by atoms with van der Waals surface area (Å²) in [6.07, 6.45) is 1.13. The second-order valence-electron chi connectivity index (χ2n) is 5.36. The lowest BCUT2D eigenvalue weighted by Crippen LogP contribution is -1.98. The summed E-state index contributed by atoms with van der Waals surface area (Å²) in [5.41, 5.74) is 4.05. The molecule has 0 N–H and O–H groups in total. The minimum absolute atomic E-state index is 0.103. The van der Waals surface area contributed by atoms with Crippen molar-refractivity contribution in [1.29, 1.82) is 0 Å². The molecule has 2 unspecified atom stereocenters. The van der Waals surface area contributed by atoms with E-state index in [2.05, 4.69) is 54.0 Å². The lowest BCUT2D eigenvalue weighted by atomic mass is 9.96. The van der Waals surface area contributed by atoms with E-state index in [1.54, 1.807) is 6.07 Å². The van der Waals surface area contributed by atoms with Crippen LogP contribution in [0.25, 0.3) is 0 Å². The maximum Gasteiger partial charge on any atom is 0.128 e. The molecule has 0 heterocycles. The Morgan fingerprint density at radius 3 is 2.20 bits per heavy atom. The summed E-state index contributed by atoms with van der Waals surface area (Å²) < 4.78 is 14.0. The fourth-order valence-corrected chi connectivity index (χ4v) is 2.92. The Balaban J connectivity index is 2.26. The van der Waals surface area contributed by atoms with Crippen LogP contribution in [0.4, 0.5) is 4.39 Å². The van der Waals surface area contributed by atoms with Crippen LogP contribution in [0.2, 0.25) is 0 Å². The van der Waals surface area contributed by atoms with Crippen LogP contribution in [-0.4, -0.2) is 0 Å². The van der Waals surface area contributed by atoms with Gasteiger partial charge in [0.25, 0.3) is 0 Å². The Labute approximate surface area is 129 Å². The lowest BCUT2D eigenvalue weighted by molar-refractivity contribution is 0.612. The number of hydrogen-bond acceptors (Lipinski definition) is 0. The van der Waals surface area contributed by atoms with Crippen LogP contribution in [0.15, 0.2) is 42.5 Å². The molecule has 0 aliphatic carbocycles. The molecule has 0 aromatic heterocycles. The molecule has 0 radical (unpaired) electrons. The molecule has 2 aromatic carbocycles. The van der Waals surface area contributed by atoms with Gasteiger partial charge < -0.3 is 0 Å². The van der Waals surface area contributed by atoms with Crippen LogP contribution < -0.4 is 0 Å². The smallest absolute Gasteiger partial charge is 0.128 e. The van der Waals surface area contributed by atoms with Gasteiger partial charge in [-0.3, -0.25) is 0 Å². The molecule has 0 saturated carbocycles. The van der Waals surface area contributed by atoms with Gasteiger partial charge in [-0.2, -0.15) is 0 Å². The molecule has 106 valence electrons. The summed E-state index contributed by atoms with van der Waals surface area (Å²) in [4.78, 5) is -0.103. The normalized spacial score (nSPS) is 14.1. The number of alkyl halides is 1. The minimum atomic E-state index is -0.155. The average molecular weight is 335 g/mol. The van der Waals surface area contributed by atoms with Crippen molar-refractivity contribution in [2.45, 2.75) is 37.9 Å². The second-order valence-corrected chi connectivity index (χ2v) is 6.28. The fourth-order valence-electron chi connectivity index (χ4n) is 2.25. The largest absolute Gasteiger partial charge is 0.207 e. The molecular weight excluding hydrogens is 315 g/mol. The standard InChI is InChI=1S/C18H20BrF/c1-4-13(3)14-6-8-15(9-7-14)18(19)16-10-5-12(2)11-17(16)20/h5-11,13,18H,4H2,1-3H3. The highest BCUT2D eigenvalue weighted by atomic mass is 79.9. The van der Waals surface area contributed by atoms with E-state index in [0.29, 0.717) is 11.5 Å². The lowest BCUT2D eigenvalue weighted by Gasteiger charge is -2.14. The third kappa shape index (κ3) is 3.29. The zero-order chi connectivity index (χ0) is 14.7. The highest BCUT2D eigenvalue weighted by Crippen LogP contribution is 2.33. The van der Waals surface area contributed by atoms with Gasteiger partial charge in [-0.25, -0.2) is 4.39 Å². The van der Waals surface area contributed by atoms with Crippen LogP contribution in [-0.2, 0) is 0 Å². The van der Waals surface area contributed by atoms with Gasteiger partial charge in [-0.05, 0) is 42.0 Å². The molecule has 0 spiro atoms. The monoisotopic (exact) mass is 334 g/mol. The molecule has 2 atom stereocenters. The Hall–Kier alpha value is -1.15. The van der Waals surface area contributed by atoms with Gasteiger partial charge in [0, 0.05) is 5.56 Å². The van der Waals surface area contributed by atoms with Crippen LogP contribution in [0.3, 0.4) is 0 Å². The molecule has 0 aliphatic heterocycles. The SMILES string of the molecule is CCC(C)c1ccc(C(Br)c2ccc(C)cc2F)cc1. The first kappa shape index (κ1) is 15.2. The van der Waals surface area contributed by atoms with Crippen molar-refractivity contribution in [2.24, 2.45) is 0 Å². The Bertz CT molecular complexity index is 574. The van der Waals surface area contributed by atoms with Gasteiger partial charge in [0.15, 0.2) is 0 Å². The van der Waals surface area contributed by atoms with E-state index >= 15 is 0 Å². The Morgan fingerprint density at radius 1 is 1.05 bits per heavy atom. The maximum absolute atomic E-state index is 14.0. The van der Waals surface area contributed by atoms with Crippen molar-refractivity contribution in [2.75, 3.05) is 0 Å². The van der Waals surface area contributed by atoms with Gasteiger partial charge in [0.1, 0.15) is 5.82 Å². The van der Waals surface area contributed by atoms with E-state index < -0.39 is 0 Å². The summed E-state index contributed by atoms with van der Waals surface area (Å²) in [6.45, 7) is 6.31. The summed E-state index contributed by atoms with van der Waals surface area (Å²) in [7, 11) is 0. The fraction of sp³-hybridized carbons (Fsp3) is 0.333. The van der Waals surface area contributed by atoms with Crippen LogP contribution in [0.5, 0.6) is 0 Å². The average Bonchev–Trinajstić information content (AvgIpc) is 2.46. The minimum Gasteiger partial charge on any atom is -0.207 e. The van der Waals surface area contributed by atoms with Crippen molar-refractivity contribution < 1.29 is 4.39 Å². The van der Waals surface area contributed by atoms with E-state index in [9.17, 15) is 4.39 Å². The highest BCUT2D eigenvalue weighted by Gasteiger charge is 2.15. The predicted molar refractivity (Wildman–Crippen MR) is 87.1 cm³/mol. The van der Waals surface area contributed by atoms with Crippen molar-refractivity contribution >= 4 is 15.9 Å². The first-order valence-electron chi connectivity index (χ1n) is 7.03. The van der Waals surface area contributed by atoms with Crippen molar-refractivity contribution in [3.8, 4) is 0 Å². The Kier molecular flexibility index (Phi) is 4.98. The van der Waals surface area contributed by atoms with Crippen LogP contribution in [0.1, 0.15) is 53.3 Å². The molecule has 0 fully saturated rings. The quantitative estimate of drug-likeness (QED) is 0.590. The predicted octanol–water partition coefficient (Wildman–Crippen LogP) is 6.13. The molecular formula is C18H20BrF. The Morgan fingerprint density at radius 2 is 1.65 bits per heavy atom. The summed E-state index contributed by atoms with van der Waals surface area (Å²) >= 11 is 3.61. The van der Waals surface area contributed by atoms with E-state index in [4.69, 9.17) is 0 Å². The van der Waals surface area contributed by atoms with Crippen molar-refractivity contribution in [1.82, 2.24) is 0 Å². The van der Waals surface area contributed by atoms with E-state index in [-0.39, 0.29) is 10.6 Å². The number of benzene rings is 2. The molecule has 0 nitrogen and oxygen atoms in total. The summed E-state index contributed by atoms with van der Waals surface area (Å²) in [5.74, 6) is 0.409. The van der Waals surface area contributed by atoms with Crippen molar-refractivity contribution in [3.05, 3.63) is 70.5 Å². The highest BCUT2D eigenvalue weighted by molar-refractivity contribution is 9.09. The second kappa shape index (κ2) is 6.53. The number of halogens is 2. The molecule has 2 heteroatoms. The first-order valence-corrected chi connectivity index (χ1v) is 7.94. The molecule has 0 saturated heterocycles. The molecule has 2 aromatic rings. The first-order chi connectivity index (χ1) is 9.52. The molecule has 0 bridgehead atoms. The van der Waals surface area contributed by atoms with Gasteiger partial charge in [-0.15, -0.1) is 0 Å². The number of aryl methyl sites for hydroxylation is 1. The number of rotatable bonds is 4.